The normalized spacial score (nSPS) is 12.8. The van der Waals surface area contributed by atoms with E-state index in [2.05, 4.69) is 5.32 Å². The van der Waals surface area contributed by atoms with Crippen molar-refractivity contribution < 1.29 is 22.8 Å². The number of benzene rings is 3. The van der Waals surface area contributed by atoms with Gasteiger partial charge in [-0.2, -0.15) is 0 Å². The molecule has 0 saturated heterocycles. The number of anilines is 1. The van der Waals surface area contributed by atoms with Gasteiger partial charge in [0.2, 0.25) is 5.91 Å². The molecule has 1 N–H and O–H groups in total. The molecule has 0 radical (unpaired) electrons. The van der Waals surface area contributed by atoms with E-state index < -0.39 is 21.5 Å². The first-order valence-corrected chi connectivity index (χ1v) is 11.0. The molecule has 3 aromatic carbocycles. The molecule has 0 spiro atoms. The molecular weight excluding hydrogens is 402 g/mol. The van der Waals surface area contributed by atoms with E-state index in [9.17, 15) is 22.8 Å². The number of ketones is 2. The van der Waals surface area contributed by atoms with Crippen LogP contribution in [0.2, 0.25) is 0 Å². The molecule has 7 heteroatoms. The molecule has 0 unspecified atom stereocenters. The molecule has 0 fully saturated rings. The molecule has 1 aliphatic carbocycles. The lowest BCUT2D eigenvalue weighted by atomic mass is 9.83. The molecule has 0 bridgehead atoms. The number of carbonyl (C=O) groups is 3. The van der Waals surface area contributed by atoms with E-state index in [1.165, 1.54) is 12.1 Å². The van der Waals surface area contributed by atoms with Gasteiger partial charge >= 0.3 is 0 Å². The van der Waals surface area contributed by atoms with Gasteiger partial charge in [-0.1, -0.05) is 66.7 Å². The van der Waals surface area contributed by atoms with Crippen molar-refractivity contribution in [2.75, 3.05) is 11.1 Å². The van der Waals surface area contributed by atoms with Crippen molar-refractivity contribution >= 4 is 33.0 Å². The summed E-state index contributed by atoms with van der Waals surface area (Å²) in [6.07, 6.45) is 0. The maximum Gasteiger partial charge on any atom is 0.239 e. The number of hydrogen-bond acceptors (Lipinski definition) is 5. The highest BCUT2D eigenvalue weighted by Gasteiger charge is 2.32. The quantitative estimate of drug-likeness (QED) is 0.536. The van der Waals surface area contributed by atoms with E-state index in [4.69, 9.17) is 0 Å². The number of sulfone groups is 1. The third kappa shape index (κ3) is 3.79. The van der Waals surface area contributed by atoms with Gasteiger partial charge in [-0.15, -0.1) is 0 Å². The van der Waals surface area contributed by atoms with Gasteiger partial charge in [0, 0.05) is 16.7 Å². The Balaban J connectivity index is 1.58. The van der Waals surface area contributed by atoms with Crippen LogP contribution in [0.4, 0.5) is 5.69 Å². The number of rotatable bonds is 5. The lowest BCUT2D eigenvalue weighted by Gasteiger charge is -2.20. The summed E-state index contributed by atoms with van der Waals surface area (Å²) >= 11 is 0. The third-order valence-corrected chi connectivity index (χ3v) is 6.28. The SMILES string of the molecule is O=C(CS(=O)(=O)Cc1ccccc1)Nc1cccc2c1C(=O)c1ccccc1C2=O. The molecule has 0 heterocycles. The van der Waals surface area contributed by atoms with Crippen LogP contribution in [0.3, 0.4) is 0 Å². The fraction of sp³-hybridized carbons (Fsp3) is 0.0870. The molecule has 0 atom stereocenters. The van der Waals surface area contributed by atoms with Crippen LogP contribution in [0.1, 0.15) is 37.4 Å². The van der Waals surface area contributed by atoms with Crippen LogP contribution in [0.15, 0.2) is 72.8 Å². The lowest BCUT2D eigenvalue weighted by molar-refractivity contribution is -0.113. The number of hydrogen-bond donors (Lipinski definition) is 1. The van der Waals surface area contributed by atoms with Crippen molar-refractivity contribution in [2.45, 2.75) is 5.75 Å². The predicted octanol–water partition coefficient (Wildman–Crippen LogP) is 3.02. The molecule has 6 nitrogen and oxygen atoms in total. The van der Waals surface area contributed by atoms with Crippen molar-refractivity contribution in [1.82, 2.24) is 0 Å². The average Bonchev–Trinajstić information content (AvgIpc) is 2.72. The molecule has 1 amide bonds. The monoisotopic (exact) mass is 419 g/mol. The van der Waals surface area contributed by atoms with Crippen LogP contribution in [0.5, 0.6) is 0 Å². The van der Waals surface area contributed by atoms with E-state index in [1.54, 1.807) is 60.7 Å². The summed E-state index contributed by atoms with van der Waals surface area (Å²) in [5, 5.41) is 2.50. The Morgan fingerprint density at radius 1 is 0.733 bits per heavy atom. The van der Waals surface area contributed by atoms with Crippen LogP contribution in [0, 0.1) is 0 Å². The zero-order valence-electron chi connectivity index (χ0n) is 15.8. The first-order chi connectivity index (χ1) is 14.4. The van der Waals surface area contributed by atoms with Crippen LogP contribution < -0.4 is 5.32 Å². The van der Waals surface area contributed by atoms with Crippen molar-refractivity contribution in [1.29, 1.82) is 0 Å². The van der Waals surface area contributed by atoms with Gasteiger partial charge in [-0.05, 0) is 11.6 Å². The van der Waals surface area contributed by atoms with Crippen molar-refractivity contribution in [2.24, 2.45) is 0 Å². The Labute approximate surface area is 173 Å². The highest BCUT2D eigenvalue weighted by atomic mass is 32.2. The predicted molar refractivity (Wildman–Crippen MR) is 112 cm³/mol. The largest absolute Gasteiger partial charge is 0.324 e. The van der Waals surface area contributed by atoms with Gasteiger partial charge in [-0.25, -0.2) is 8.42 Å². The number of fused-ring (bicyclic) bond motifs is 2. The Kier molecular flexibility index (Phi) is 5.05. The highest BCUT2D eigenvalue weighted by Crippen LogP contribution is 2.31. The molecule has 4 rings (SSSR count). The van der Waals surface area contributed by atoms with Crippen molar-refractivity contribution in [3.05, 3.63) is 101 Å². The maximum absolute atomic E-state index is 13.0. The first kappa shape index (κ1) is 19.7. The number of carbonyl (C=O) groups excluding carboxylic acids is 3. The zero-order valence-corrected chi connectivity index (χ0v) is 16.6. The molecule has 0 aromatic heterocycles. The summed E-state index contributed by atoms with van der Waals surface area (Å²) in [4.78, 5) is 38.2. The summed E-state index contributed by atoms with van der Waals surface area (Å²) in [6, 6.07) is 19.6. The van der Waals surface area contributed by atoms with Gasteiger partial charge in [0.25, 0.3) is 0 Å². The Hall–Kier alpha value is -3.58. The smallest absolute Gasteiger partial charge is 0.239 e. The second-order valence-electron chi connectivity index (χ2n) is 7.00. The summed E-state index contributed by atoms with van der Waals surface area (Å²) in [5.74, 6) is -2.46. The van der Waals surface area contributed by atoms with Gasteiger partial charge in [0.1, 0.15) is 5.75 Å². The number of amides is 1. The molecule has 0 aliphatic heterocycles. The minimum atomic E-state index is -3.71. The molecule has 30 heavy (non-hydrogen) atoms. The van der Waals surface area contributed by atoms with Gasteiger partial charge in [-0.3, -0.25) is 14.4 Å². The van der Waals surface area contributed by atoms with E-state index >= 15 is 0 Å². The average molecular weight is 419 g/mol. The Morgan fingerprint density at radius 3 is 2.03 bits per heavy atom. The first-order valence-electron chi connectivity index (χ1n) is 9.21. The lowest BCUT2D eigenvalue weighted by Crippen LogP contribution is -2.27. The van der Waals surface area contributed by atoms with E-state index in [0.717, 1.165) is 0 Å². The van der Waals surface area contributed by atoms with Crippen LogP contribution in [0.25, 0.3) is 0 Å². The van der Waals surface area contributed by atoms with Gasteiger partial charge in [0.05, 0.1) is 17.0 Å². The summed E-state index contributed by atoms with van der Waals surface area (Å²) in [7, 11) is -3.71. The Morgan fingerprint density at radius 2 is 1.33 bits per heavy atom. The second-order valence-corrected chi connectivity index (χ2v) is 9.06. The fourth-order valence-corrected chi connectivity index (χ4v) is 4.79. The van der Waals surface area contributed by atoms with Crippen LogP contribution >= 0.6 is 0 Å². The zero-order chi connectivity index (χ0) is 21.3. The summed E-state index contributed by atoms with van der Waals surface area (Å²) < 4.78 is 24.8. The fourth-order valence-electron chi connectivity index (χ4n) is 3.51. The Bertz CT molecular complexity index is 1280. The topological polar surface area (TPSA) is 97.4 Å². The number of nitrogens with one attached hydrogen (secondary N) is 1. The van der Waals surface area contributed by atoms with Gasteiger partial charge in [0.15, 0.2) is 21.4 Å². The summed E-state index contributed by atoms with van der Waals surface area (Å²) in [6.45, 7) is 0. The standard InChI is InChI=1S/C23H17NO5S/c25-20(14-30(28,29)13-15-7-2-1-3-8-15)24-19-12-6-11-18-21(19)23(27)17-10-5-4-9-16(17)22(18)26/h1-12H,13-14H2,(H,24,25). The van der Waals surface area contributed by atoms with Gasteiger partial charge < -0.3 is 5.32 Å². The summed E-state index contributed by atoms with van der Waals surface area (Å²) in [5.41, 5.74) is 1.54. The van der Waals surface area contributed by atoms with E-state index in [1.807, 2.05) is 0 Å². The molecule has 1 aliphatic rings. The minimum absolute atomic E-state index is 0.0787. The van der Waals surface area contributed by atoms with Crippen molar-refractivity contribution in [3.63, 3.8) is 0 Å². The maximum atomic E-state index is 13.0. The van der Waals surface area contributed by atoms with Crippen LogP contribution in [-0.2, 0) is 20.4 Å². The van der Waals surface area contributed by atoms with E-state index in [-0.39, 0.29) is 39.7 Å². The van der Waals surface area contributed by atoms with E-state index in [0.29, 0.717) is 11.1 Å². The van der Waals surface area contributed by atoms with Crippen molar-refractivity contribution in [3.8, 4) is 0 Å². The van der Waals surface area contributed by atoms with Crippen LogP contribution in [-0.4, -0.2) is 31.6 Å². The molecule has 150 valence electrons. The molecular formula is C23H17NO5S. The molecule has 0 saturated carbocycles. The molecule has 3 aromatic rings. The minimum Gasteiger partial charge on any atom is -0.324 e. The third-order valence-electron chi connectivity index (χ3n) is 4.81. The highest BCUT2D eigenvalue weighted by molar-refractivity contribution is 7.91. The second kappa shape index (κ2) is 7.68.